The summed E-state index contributed by atoms with van der Waals surface area (Å²) >= 11 is 0. The number of rotatable bonds is 6. The lowest BCUT2D eigenvalue weighted by Gasteiger charge is -2.28. The molecule has 116 valence electrons. The van der Waals surface area contributed by atoms with Crippen LogP contribution in [0.5, 0.6) is 5.75 Å². The molecule has 2 bridgehead atoms. The molecular weight excluding hydrogens is 258 g/mol. The van der Waals surface area contributed by atoms with Crippen molar-refractivity contribution in [3.63, 3.8) is 0 Å². The topological polar surface area (TPSA) is 21.3 Å². The van der Waals surface area contributed by atoms with Gasteiger partial charge >= 0.3 is 0 Å². The smallest absolute Gasteiger partial charge is 0.123 e. The zero-order valence-electron chi connectivity index (χ0n) is 13.7. The maximum Gasteiger partial charge on any atom is 0.123 e. The van der Waals surface area contributed by atoms with E-state index in [2.05, 4.69) is 37.4 Å². The van der Waals surface area contributed by atoms with Crippen LogP contribution in [0.25, 0.3) is 0 Å². The molecule has 0 heterocycles. The fourth-order valence-corrected chi connectivity index (χ4v) is 4.66. The van der Waals surface area contributed by atoms with E-state index in [1.807, 2.05) is 0 Å². The molecule has 0 amide bonds. The van der Waals surface area contributed by atoms with Gasteiger partial charge in [-0.15, -0.1) is 0 Å². The summed E-state index contributed by atoms with van der Waals surface area (Å²) < 4.78 is 5.61. The van der Waals surface area contributed by atoms with Gasteiger partial charge in [-0.2, -0.15) is 0 Å². The minimum atomic E-state index is 0.439. The third-order valence-electron chi connectivity index (χ3n) is 5.63. The predicted octanol–water partition coefficient (Wildman–Crippen LogP) is 4.48. The summed E-state index contributed by atoms with van der Waals surface area (Å²) in [6, 6.07) is 7.01. The molecule has 2 saturated carbocycles. The van der Waals surface area contributed by atoms with Crippen LogP contribution < -0.4 is 10.1 Å². The number of fused-ring (bicyclic) bond motifs is 2. The largest absolute Gasteiger partial charge is 0.496 e. The Bertz CT molecular complexity index is 484. The standard InChI is InChI=1S/C19H29NO/c1-4-20-18(12-16-11-14-6-7-15(16)10-14)17-9-13(2)5-8-19(17)21-3/h5,8-9,14-16,18,20H,4,6-7,10-12H2,1-3H3. The zero-order valence-corrected chi connectivity index (χ0v) is 13.7. The van der Waals surface area contributed by atoms with E-state index in [4.69, 9.17) is 4.74 Å². The summed E-state index contributed by atoms with van der Waals surface area (Å²) in [5.74, 6) is 3.97. The minimum absolute atomic E-state index is 0.439. The number of ether oxygens (including phenoxy) is 1. The molecule has 1 aromatic carbocycles. The summed E-state index contributed by atoms with van der Waals surface area (Å²) in [7, 11) is 1.79. The first-order chi connectivity index (χ1) is 10.2. The third kappa shape index (κ3) is 3.11. The van der Waals surface area contributed by atoms with Crippen molar-refractivity contribution in [1.82, 2.24) is 5.32 Å². The Kier molecular flexibility index (Phi) is 4.54. The Morgan fingerprint density at radius 3 is 2.76 bits per heavy atom. The second-order valence-corrected chi connectivity index (χ2v) is 7.03. The van der Waals surface area contributed by atoms with Gasteiger partial charge in [0, 0.05) is 11.6 Å². The van der Waals surface area contributed by atoms with Gasteiger partial charge < -0.3 is 10.1 Å². The third-order valence-corrected chi connectivity index (χ3v) is 5.63. The first kappa shape index (κ1) is 14.9. The van der Waals surface area contributed by atoms with E-state index in [1.165, 1.54) is 43.2 Å². The number of hydrogen-bond donors (Lipinski definition) is 1. The monoisotopic (exact) mass is 287 g/mol. The highest BCUT2D eigenvalue weighted by Gasteiger charge is 2.40. The molecule has 2 heteroatoms. The number of aryl methyl sites for hydroxylation is 1. The summed E-state index contributed by atoms with van der Waals surface area (Å²) in [4.78, 5) is 0. The van der Waals surface area contributed by atoms with Crippen molar-refractivity contribution in [1.29, 1.82) is 0 Å². The molecule has 2 fully saturated rings. The summed E-state index contributed by atoms with van der Waals surface area (Å²) in [5.41, 5.74) is 2.67. The molecule has 1 N–H and O–H groups in total. The van der Waals surface area contributed by atoms with Gasteiger partial charge in [0.2, 0.25) is 0 Å². The lowest BCUT2D eigenvalue weighted by Crippen LogP contribution is -2.26. The van der Waals surface area contributed by atoms with Crippen molar-refractivity contribution < 1.29 is 4.74 Å². The van der Waals surface area contributed by atoms with E-state index >= 15 is 0 Å². The van der Waals surface area contributed by atoms with Crippen LogP contribution in [0.2, 0.25) is 0 Å². The number of nitrogens with one attached hydrogen (secondary N) is 1. The van der Waals surface area contributed by atoms with Gasteiger partial charge in [-0.3, -0.25) is 0 Å². The van der Waals surface area contributed by atoms with Crippen molar-refractivity contribution >= 4 is 0 Å². The van der Waals surface area contributed by atoms with Crippen LogP contribution in [-0.4, -0.2) is 13.7 Å². The fraction of sp³-hybridized carbons (Fsp3) is 0.684. The van der Waals surface area contributed by atoms with Crippen LogP contribution in [0.4, 0.5) is 0 Å². The summed E-state index contributed by atoms with van der Waals surface area (Å²) in [5, 5.41) is 3.71. The Balaban J connectivity index is 1.79. The Morgan fingerprint density at radius 1 is 1.29 bits per heavy atom. The molecule has 3 rings (SSSR count). The van der Waals surface area contributed by atoms with Crippen LogP contribution in [0.1, 0.15) is 56.2 Å². The second-order valence-electron chi connectivity index (χ2n) is 7.03. The highest BCUT2D eigenvalue weighted by Crippen LogP contribution is 2.51. The average molecular weight is 287 g/mol. The van der Waals surface area contributed by atoms with Crippen LogP contribution in [0.15, 0.2) is 18.2 Å². The average Bonchev–Trinajstić information content (AvgIpc) is 3.09. The van der Waals surface area contributed by atoms with Gasteiger partial charge in [-0.25, -0.2) is 0 Å². The van der Waals surface area contributed by atoms with Crippen LogP contribution in [0.3, 0.4) is 0 Å². The molecule has 1 aromatic rings. The Morgan fingerprint density at radius 2 is 2.14 bits per heavy atom. The van der Waals surface area contributed by atoms with Crippen LogP contribution >= 0.6 is 0 Å². The van der Waals surface area contributed by atoms with E-state index in [9.17, 15) is 0 Å². The maximum atomic E-state index is 5.61. The molecule has 21 heavy (non-hydrogen) atoms. The molecule has 2 aliphatic carbocycles. The van der Waals surface area contributed by atoms with Crippen molar-refractivity contribution in [3.05, 3.63) is 29.3 Å². The van der Waals surface area contributed by atoms with E-state index in [1.54, 1.807) is 7.11 Å². The van der Waals surface area contributed by atoms with Gasteiger partial charge in [-0.05, 0) is 63.0 Å². The first-order valence-corrected chi connectivity index (χ1v) is 8.59. The first-order valence-electron chi connectivity index (χ1n) is 8.59. The van der Waals surface area contributed by atoms with Crippen LogP contribution in [0, 0.1) is 24.7 Å². The normalized spacial score (nSPS) is 28.8. The van der Waals surface area contributed by atoms with Crippen molar-refractivity contribution in [3.8, 4) is 5.75 Å². The van der Waals surface area contributed by atoms with Crippen molar-refractivity contribution in [2.45, 2.75) is 52.0 Å². The fourth-order valence-electron chi connectivity index (χ4n) is 4.66. The molecular formula is C19H29NO. The molecule has 0 saturated heterocycles. The van der Waals surface area contributed by atoms with Crippen LogP contribution in [-0.2, 0) is 0 Å². The SMILES string of the molecule is CCNC(CC1CC2CCC1C2)c1cc(C)ccc1OC. The molecule has 2 nitrogen and oxygen atoms in total. The van der Waals surface area contributed by atoms with Gasteiger partial charge in [0.1, 0.15) is 5.75 Å². The zero-order chi connectivity index (χ0) is 14.8. The van der Waals surface area contributed by atoms with E-state index in [-0.39, 0.29) is 0 Å². The molecule has 0 aliphatic heterocycles. The summed E-state index contributed by atoms with van der Waals surface area (Å²) in [6.07, 6.45) is 7.18. The van der Waals surface area contributed by atoms with E-state index in [0.717, 1.165) is 30.0 Å². The summed E-state index contributed by atoms with van der Waals surface area (Å²) in [6.45, 7) is 5.39. The highest BCUT2D eigenvalue weighted by atomic mass is 16.5. The molecule has 0 aromatic heterocycles. The maximum absolute atomic E-state index is 5.61. The number of benzene rings is 1. The Labute approximate surface area is 129 Å². The lowest BCUT2D eigenvalue weighted by molar-refractivity contribution is 0.277. The molecule has 2 aliphatic rings. The van der Waals surface area contributed by atoms with Gasteiger partial charge in [-0.1, -0.05) is 31.0 Å². The second kappa shape index (κ2) is 6.39. The van der Waals surface area contributed by atoms with Crippen molar-refractivity contribution in [2.75, 3.05) is 13.7 Å². The molecule has 0 radical (unpaired) electrons. The Hall–Kier alpha value is -1.02. The quantitative estimate of drug-likeness (QED) is 0.833. The highest BCUT2D eigenvalue weighted by molar-refractivity contribution is 5.39. The minimum Gasteiger partial charge on any atom is -0.496 e. The number of hydrogen-bond acceptors (Lipinski definition) is 2. The number of methoxy groups -OCH3 is 1. The van der Waals surface area contributed by atoms with E-state index < -0.39 is 0 Å². The molecule has 4 unspecified atom stereocenters. The lowest BCUT2D eigenvalue weighted by atomic mass is 9.82. The van der Waals surface area contributed by atoms with Gasteiger partial charge in [0.25, 0.3) is 0 Å². The molecule has 4 atom stereocenters. The van der Waals surface area contributed by atoms with Gasteiger partial charge in [0.15, 0.2) is 0 Å². The van der Waals surface area contributed by atoms with Crippen molar-refractivity contribution in [2.24, 2.45) is 17.8 Å². The van der Waals surface area contributed by atoms with E-state index in [0.29, 0.717) is 6.04 Å². The molecule has 0 spiro atoms. The predicted molar refractivity (Wildman–Crippen MR) is 87.7 cm³/mol. The van der Waals surface area contributed by atoms with Gasteiger partial charge in [0.05, 0.1) is 7.11 Å².